The highest BCUT2D eigenvalue weighted by atomic mass is 35.5. The zero-order valence-electron chi connectivity index (χ0n) is 16.6. The molecule has 0 aliphatic carbocycles. The van der Waals surface area contributed by atoms with Crippen molar-refractivity contribution in [2.24, 2.45) is 16.8 Å². The van der Waals surface area contributed by atoms with Crippen molar-refractivity contribution in [2.75, 3.05) is 11.1 Å². The first kappa shape index (κ1) is 22.9. The molecule has 1 aromatic heterocycles. The average Bonchev–Trinajstić information content (AvgIpc) is 2.80. The van der Waals surface area contributed by atoms with E-state index >= 15 is 0 Å². The Morgan fingerprint density at radius 1 is 1.19 bits per heavy atom. The van der Waals surface area contributed by atoms with Crippen LogP contribution < -0.4 is 28.0 Å². The molecule has 32 heavy (non-hydrogen) atoms. The molecule has 1 heterocycles. The molecule has 0 aliphatic rings. The molecule has 162 valence electrons. The Balaban J connectivity index is 2.17. The SMILES string of the molecule is N#Cc1c(SC/C(=N/N)NN)[nH]c(=O)c(C(=O)Nc2ccccc2)c1-c1ccc(Cl)cc1. The lowest BCUT2D eigenvalue weighted by Gasteiger charge is -2.15. The van der Waals surface area contributed by atoms with Crippen LogP contribution in [0.2, 0.25) is 5.02 Å². The number of aromatic amines is 1. The second-order valence-corrected chi connectivity index (χ2v) is 7.78. The smallest absolute Gasteiger partial charge is 0.262 e. The van der Waals surface area contributed by atoms with Crippen LogP contribution in [-0.4, -0.2) is 22.5 Å². The number of nitriles is 1. The van der Waals surface area contributed by atoms with Gasteiger partial charge in [0.2, 0.25) is 0 Å². The number of nitrogens with zero attached hydrogens (tertiary/aromatic N) is 2. The fraction of sp³-hybridized carbons (Fsp3) is 0.0476. The first-order chi connectivity index (χ1) is 15.5. The molecule has 0 fully saturated rings. The number of pyridine rings is 1. The summed E-state index contributed by atoms with van der Waals surface area (Å²) in [6, 6.07) is 17.3. The standard InChI is InChI=1S/C21H18ClN7O2S/c22-13-8-6-12(7-9-13)17-15(10-23)21(32-11-16(28-24)29-25)27-20(31)18(17)19(30)26-14-4-2-1-3-5-14/h1-9H,11,24-25H2,(H,26,30)(H,27,31)(H,28,29). The fourth-order valence-corrected chi connectivity index (χ4v) is 3.91. The second-order valence-electron chi connectivity index (χ2n) is 6.36. The first-order valence-electron chi connectivity index (χ1n) is 9.17. The number of hydrogen-bond acceptors (Lipinski definition) is 7. The van der Waals surface area contributed by atoms with Crippen LogP contribution in [0.4, 0.5) is 5.69 Å². The van der Waals surface area contributed by atoms with E-state index in [-0.39, 0.29) is 33.3 Å². The van der Waals surface area contributed by atoms with Crippen molar-refractivity contribution in [1.82, 2.24) is 10.4 Å². The monoisotopic (exact) mass is 467 g/mol. The van der Waals surface area contributed by atoms with Gasteiger partial charge in [0, 0.05) is 16.3 Å². The van der Waals surface area contributed by atoms with Gasteiger partial charge in [-0.05, 0) is 29.8 Å². The zero-order chi connectivity index (χ0) is 23.1. The Labute approximate surface area is 192 Å². The Morgan fingerprint density at radius 2 is 1.88 bits per heavy atom. The molecule has 0 bridgehead atoms. The van der Waals surface area contributed by atoms with Gasteiger partial charge >= 0.3 is 0 Å². The van der Waals surface area contributed by atoms with Gasteiger partial charge in [-0.3, -0.25) is 9.59 Å². The Bertz CT molecular complexity index is 1250. The van der Waals surface area contributed by atoms with Gasteiger partial charge in [0.25, 0.3) is 11.5 Å². The van der Waals surface area contributed by atoms with Crippen LogP contribution in [0.5, 0.6) is 0 Å². The molecule has 2 aromatic carbocycles. The maximum atomic E-state index is 13.1. The van der Waals surface area contributed by atoms with Gasteiger partial charge in [-0.1, -0.05) is 53.7 Å². The van der Waals surface area contributed by atoms with Gasteiger partial charge in [0.1, 0.15) is 17.5 Å². The number of carbonyl (C=O) groups is 1. The van der Waals surface area contributed by atoms with Gasteiger partial charge in [0.15, 0.2) is 0 Å². The van der Waals surface area contributed by atoms with Gasteiger partial charge in [0.05, 0.1) is 16.3 Å². The third-order valence-electron chi connectivity index (χ3n) is 4.36. The number of H-pyrrole nitrogens is 1. The predicted molar refractivity (Wildman–Crippen MR) is 126 cm³/mol. The molecule has 0 spiro atoms. The molecule has 9 nitrogen and oxygen atoms in total. The van der Waals surface area contributed by atoms with Crippen LogP contribution >= 0.6 is 23.4 Å². The normalized spacial score (nSPS) is 11.0. The molecule has 7 N–H and O–H groups in total. The van der Waals surface area contributed by atoms with E-state index in [9.17, 15) is 14.9 Å². The molecule has 11 heteroatoms. The largest absolute Gasteiger partial charge is 0.322 e. The minimum atomic E-state index is -0.656. The summed E-state index contributed by atoms with van der Waals surface area (Å²) < 4.78 is 0. The summed E-state index contributed by atoms with van der Waals surface area (Å²) in [6.45, 7) is 0. The number of para-hydroxylation sites is 1. The lowest BCUT2D eigenvalue weighted by Crippen LogP contribution is -2.33. The third-order valence-corrected chi connectivity index (χ3v) is 5.62. The Morgan fingerprint density at radius 3 is 2.47 bits per heavy atom. The van der Waals surface area contributed by atoms with Crippen molar-refractivity contribution in [3.8, 4) is 17.2 Å². The second kappa shape index (κ2) is 10.5. The lowest BCUT2D eigenvalue weighted by atomic mass is 9.96. The van der Waals surface area contributed by atoms with E-state index in [1.54, 1.807) is 54.6 Å². The molecule has 0 saturated carbocycles. The Hall–Kier alpha value is -3.78. The number of amides is 1. The maximum Gasteiger partial charge on any atom is 0.262 e. The van der Waals surface area contributed by atoms with Crippen molar-refractivity contribution in [3.05, 3.63) is 81.1 Å². The van der Waals surface area contributed by atoms with Gasteiger partial charge in [-0.2, -0.15) is 10.4 Å². The molecule has 0 radical (unpaired) electrons. The highest BCUT2D eigenvalue weighted by Crippen LogP contribution is 2.32. The fourth-order valence-electron chi connectivity index (χ4n) is 2.89. The number of nitrogens with one attached hydrogen (secondary N) is 3. The van der Waals surface area contributed by atoms with Crippen LogP contribution in [0.15, 0.2) is 69.5 Å². The van der Waals surface area contributed by atoms with E-state index in [2.05, 4.69) is 26.9 Å². The quantitative estimate of drug-likeness (QED) is 0.122. The van der Waals surface area contributed by atoms with E-state index < -0.39 is 11.5 Å². The maximum absolute atomic E-state index is 13.1. The number of carbonyl (C=O) groups excluding carboxylic acids is 1. The summed E-state index contributed by atoms with van der Waals surface area (Å²) in [5.41, 5.74) is 2.79. The molecule has 3 rings (SSSR count). The van der Waals surface area contributed by atoms with E-state index in [4.69, 9.17) is 23.3 Å². The van der Waals surface area contributed by atoms with E-state index in [1.807, 2.05) is 0 Å². The number of aromatic nitrogens is 1. The summed E-state index contributed by atoms with van der Waals surface area (Å²) in [5, 5.41) is 16.8. The van der Waals surface area contributed by atoms with Crippen LogP contribution in [-0.2, 0) is 0 Å². The van der Waals surface area contributed by atoms with E-state index in [0.29, 0.717) is 16.3 Å². The number of amidine groups is 1. The van der Waals surface area contributed by atoms with Crippen LogP contribution in [0.25, 0.3) is 11.1 Å². The number of rotatable bonds is 6. The number of hydrogen-bond donors (Lipinski definition) is 5. The van der Waals surface area contributed by atoms with Gasteiger partial charge < -0.3 is 21.6 Å². The summed E-state index contributed by atoms with van der Waals surface area (Å²) in [4.78, 5) is 28.7. The van der Waals surface area contributed by atoms with Gasteiger partial charge in [-0.15, -0.1) is 0 Å². The van der Waals surface area contributed by atoms with Crippen molar-refractivity contribution in [1.29, 1.82) is 5.26 Å². The molecule has 0 unspecified atom stereocenters. The molecule has 0 aliphatic heterocycles. The minimum Gasteiger partial charge on any atom is -0.322 e. The zero-order valence-corrected chi connectivity index (χ0v) is 18.1. The van der Waals surface area contributed by atoms with Crippen molar-refractivity contribution in [2.45, 2.75) is 5.03 Å². The number of halogens is 1. The first-order valence-corrected chi connectivity index (χ1v) is 10.5. The van der Waals surface area contributed by atoms with Crippen molar-refractivity contribution < 1.29 is 4.79 Å². The number of thioether (sulfide) groups is 1. The van der Waals surface area contributed by atoms with Crippen LogP contribution in [0.1, 0.15) is 15.9 Å². The number of nitrogens with two attached hydrogens (primary N) is 2. The van der Waals surface area contributed by atoms with E-state index in [1.165, 1.54) is 0 Å². The molecule has 1 amide bonds. The highest BCUT2D eigenvalue weighted by Gasteiger charge is 2.24. The number of anilines is 1. The molecule has 0 saturated heterocycles. The molecule has 3 aromatic rings. The molecule has 0 atom stereocenters. The number of benzene rings is 2. The average molecular weight is 468 g/mol. The summed E-state index contributed by atoms with van der Waals surface area (Å²) >= 11 is 7.09. The lowest BCUT2D eigenvalue weighted by molar-refractivity contribution is 0.102. The number of hydrazone groups is 1. The predicted octanol–water partition coefficient (Wildman–Crippen LogP) is 2.65. The highest BCUT2D eigenvalue weighted by molar-refractivity contribution is 8.00. The van der Waals surface area contributed by atoms with Crippen molar-refractivity contribution >= 4 is 40.8 Å². The van der Waals surface area contributed by atoms with E-state index in [0.717, 1.165) is 11.8 Å². The molecular weight excluding hydrogens is 450 g/mol. The van der Waals surface area contributed by atoms with Gasteiger partial charge in [-0.25, -0.2) is 5.84 Å². The summed E-state index contributed by atoms with van der Waals surface area (Å²) in [6.07, 6.45) is 0. The van der Waals surface area contributed by atoms with Crippen LogP contribution in [0.3, 0.4) is 0 Å². The Kier molecular flexibility index (Phi) is 7.51. The topological polar surface area (TPSA) is 162 Å². The van der Waals surface area contributed by atoms with Crippen molar-refractivity contribution in [3.63, 3.8) is 0 Å². The van der Waals surface area contributed by atoms with Crippen LogP contribution in [0, 0.1) is 11.3 Å². The minimum absolute atomic E-state index is 0.114. The number of hydrazine groups is 1. The third kappa shape index (κ3) is 5.09. The summed E-state index contributed by atoms with van der Waals surface area (Å²) in [5.74, 6) is 10.4. The molecular formula is C21H18ClN7O2S. The summed E-state index contributed by atoms with van der Waals surface area (Å²) in [7, 11) is 0.